The minimum Gasteiger partial charge on any atom is -0.207 e. The SMILES string of the molecule is Cc1cc(S(=O)(=O)Cl)c(Cl)cc1C#N. The molecule has 0 N–H and O–H groups in total. The Hall–Kier alpha value is -0.760. The zero-order valence-corrected chi connectivity index (χ0v) is 9.41. The van der Waals surface area contributed by atoms with Gasteiger partial charge in [-0.05, 0) is 24.6 Å². The summed E-state index contributed by atoms with van der Waals surface area (Å²) < 4.78 is 22.0. The number of halogens is 2. The molecular weight excluding hydrogens is 245 g/mol. The van der Waals surface area contributed by atoms with Gasteiger partial charge in [-0.2, -0.15) is 5.26 Å². The van der Waals surface area contributed by atoms with E-state index < -0.39 is 9.05 Å². The van der Waals surface area contributed by atoms with Gasteiger partial charge in [-0.3, -0.25) is 0 Å². The Labute approximate surface area is 91.3 Å². The first-order chi connectivity index (χ1) is 6.36. The quantitative estimate of drug-likeness (QED) is 0.719. The maximum atomic E-state index is 11.0. The van der Waals surface area contributed by atoms with Gasteiger partial charge in [0.2, 0.25) is 0 Å². The lowest BCUT2D eigenvalue weighted by molar-refractivity contribution is 0.609. The summed E-state index contributed by atoms with van der Waals surface area (Å²) in [5, 5.41) is 8.61. The van der Waals surface area contributed by atoms with E-state index in [-0.39, 0.29) is 9.92 Å². The Morgan fingerprint density at radius 1 is 1.43 bits per heavy atom. The van der Waals surface area contributed by atoms with Crippen LogP contribution in [-0.2, 0) is 9.05 Å². The Kier molecular flexibility index (Phi) is 3.05. The second kappa shape index (κ2) is 3.77. The third-order valence-corrected chi connectivity index (χ3v) is 3.45. The number of aryl methyl sites for hydroxylation is 1. The standard InChI is InChI=1S/C8H5Cl2NO2S/c1-5-2-8(14(10,12)13)7(9)3-6(5)4-11/h2-3H,1H3. The molecule has 0 spiro atoms. The van der Waals surface area contributed by atoms with Crippen LogP contribution in [0.15, 0.2) is 17.0 Å². The van der Waals surface area contributed by atoms with Gasteiger partial charge in [0.1, 0.15) is 4.90 Å². The van der Waals surface area contributed by atoms with E-state index in [9.17, 15) is 8.42 Å². The lowest BCUT2D eigenvalue weighted by atomic mass is 10.1. The first-order valence-corrected chi connectivity index (χ1v) is 6.20. The molecule has 0 unspecified atom stereocenters. The fourth-order valence-corrected chi connectivity index (χ4v) is 2.54. The lowest BCUT2D eigenvalue weighted by Gasteiger charge is -2.03. The molecule has 0 aliphatic heterocycles. The fourth-order valence-electron chi connectivity index (χ4n) is 0.962. The maximum absolute atomic E-state index is 11.0. The van der Waals surface area contributed by atoms with Crippen LogP contribution in [0.2, 0.25) is 5.02 Å². The molecule has 0 amide bonds. The zero-order chi connectivity index (χ0) is 10.9. The summed E-state index contributed by atoms with van der Waals surface area (Å²) in [7, 11) is 1.29. The van der Waals surface area contributed by atoms with Gasteiger partial charge in [0.15, 0.2) is 0 Å². The summed E-state index contributed by atoms with van der Waals surface area (Å²) >= 11 is 5.65. The van der Waals surface area contributed by atoms with Gasteiger partial charge in [0.05, 0.1) is 16.7 Å². The normalized spacial score (nSPS) is 11.0. The molecule has 14 heavy (non-hydrogen) atoms. The van der Waals surface area contributed by atoms with Crippen molar-refractivity contribution >= 4 is 31.3 Å². The van der Waals surface area contributed by atoms with Gasteiger partial charge in [0.25, 0.3) is 9.05 Å². The number of rotatable bonds is 1. The van der Waals surface area contributed by atoms with E-state index in [2.05, 4.69) is 0 Å². The molecule has 3 nitrogen and oxygen atoms in total. The van der Waals surface area contributed by atoms with Crippen molar-refractivity contribution < 1.29 is 8.42 Å². The van der Waals surface area contributed by atoms with E-state index >= 15 is 0 Å². The molecule has 1 aromatic carbocycles. The highest BCUT2D eigenvalue weighted by atomic mass is 35.7. The zero-order valence-electron chi connectivity index (χ0n) is 7.08. The van der Waals surface area contributed by atoms with Gasteiger partial charge < -0.3 is 0 Å². The molecule has 0 radical (unpaired) electrons. The second-order valence-electron chi connectivity index (χ2n) is 2.65. The summed E-state index contributed by atoms with van der Waals surface area (Å²) in [6.45, 7) is 1.61. The smallest absolute Gasteiger partial charge is 0.207 e. The average molecular weight is 250 g/mol. The molecule has 74 valence electrons. The predicted molar refractivity (Wildman–Crippen MR) is 53.9 cm³/mol. The number of hydrogen-bond acceptors (Lipinski definition) is 3. The number of nitrogens with zero attached hydrogens (tertiary/aromatic N) is 1. The largest absolute Gasteiger partial charge is 0.262 e. The summed E-state index contributed by atoms with van der Waals surface area (Å²) in [6, 6.07) is 4.46. The Bertz CT molecular complexity index is 517. The summed E-state index contributed by atoms with van der Waals surface area (Å²) in [6.07, 6.45) is 0. The minimum absolute atomic E-state index is 0.0397. The van der Waals surface area contributed by atoms with Gasteiger partial charge in [-0.1, -0.05) is 11.6 Å². The molecule has 1 rings (SSSR count). The van der Waals surface area contributed by atoms with Crippen LogP contribution in [0.25, 0.3) is 0 Å². The molecule has 0 aliphatic rings. The van der Waals surface area contributed by atoms with Gasteiger partial charge in [0, 0.05) is 10.7 Å². The third kappa shape index (κ3) is 2.18. The van der Waals surface area contributed by atoms with Gasteiger partial charge in [-0.25, -0.2) is 8.42 Å². The van der Waals surface area contributed by atoms with E-state index in [0.717, 1.165) is 0 Å². The van der Waals surface area contributed by atoms with Crippen LogP contribution >= 0.6 is 22.3 Å². The highest BCUT2D eigenvalue weighted by molar-refractivity contribution is 8.13. The molecule has 0 fully saturated rings. The van der Waals surface area contributed by atoms with Crippen LogP contribution in [-0.4, -0.2) is 8.42 Å². The van der Waals surface area contributed by atoms with Crippen LogP contribution in [0, 0.1) is 18.3 Å². The van der Waals surface area contributed by atoms with E-state index in [1.807, 2.05) is 6.07 Å². The molecule has 0 aromatic heterocycles. The molecule has 0 heterocycles. The topological polar surface area (TPSA) is 57.9 Å². The van der Waals surface area contributed by atoms with Crippen molar-refractivity contribution in [3.05, 3.63) is 28.3 Å². The minimum atomic E-state index is -3.85. The molecule has 0 saturated carbocycles. The van der Waals surface area contributed by atoms with Gasteiger partial charge in [-0.15, -0.1) is 0 Å². The first kappa shape index (κ1) is 11.3. The fraction of sp³-hybridized carbons (Fsp3) is 0.125. The summed E-state index contributed by atoms with van der Waals surface area (Å²) in [5.74, 6) is 0. The predicted octanol–water partition coefficient (Wildman–Crippen LogP) is 2.45. The molecule has 6 heteroatoms. The number of nitriles is 1. The lowest BCUT2D eigenvalue weighted by Crippen LogP contribution is -1.94. The van der Waals surface area contributed by atoms with Crippen LogP contribution in [0.3, 0.4) is 0 Å². The van der Waals surface area contributed by atoms with E-state index in [0.29, 0.717) is 11.1 Å². The van der Waals surface area contributed by atoms with Crippen molar-refractivity contribution in [1.29, 1.82) is 5.26 Å². The highest BCUT2D eigenvalue weighted by Crippen LogP contribution is 2.27. The van der Waals surface area contributed by atoms with E-state index in [1.165, 1.54) is 12.1 Å². The van der Waals surface area contributed by atoms with Crippen molar-refractivity contribution in [2.45, 2.75) is 11.8 Å². The Balaban J connectivity index is 3.54. The van der Waals surface area contributed by atoms with Crippen LogP contribution < -0.4 is 0 Å². The molecular formula is C8H5Cl2NO2S. The van der Waals surface area contributed by atoms with Crippen molar-refractivity contribution in [1.82, 2.24) is 0 Å². The van der Waals surface area contributed by atoms with Crippen LogP contribution in [0.1, 0.15) is 11.1 Å². The number of benzene rings is 1. The molecule has 0 aliphatic carbocycles. The summed E-state index contributed by atoms with van der Waals surface area (Å²) in [4.78, 5) is -0.169. The molecule has 0 saturated heterocycles. The van der Waals surface area contributed by atoms with Gasteiger partial charge >= 0.3 is 0 Å². The highest BCUT2D eigenvalue weighted by Gasteiger charge is 2.16. The van der Waals surface area contributed by atoms with E-state index in [1.54, 1.807) is 6.92 Å². The Morgan fingerprint density at radius 2 is 2.00 bits per heavy atom. The van der Waals surface area contributed by atoms with Crippen LogP contribution in [0.5, 0.6) is 0 Å². The summed E-state index contributed by atoms with van der Waals surface area (Å²) in [5.41, 5.74) is 0.857. The molecule has 1 aromatic rings. The maximum Gasteiger partial charge on any atom is 0.262 e. The van der Waals surface area contributed by atoms with Crippen molar-refractivity contribution in [3.63, 3.8) is 0 Å². The number of hydrogen-bond donors (Lipinski definition) is 0. The average Bonchev–Trinajstić information content (AvgIpc) is 2.06. The van der Waals surface area contributed by atoms with E-state index in [4.69, 9.17) is 27.5 Å². The third-order valence-electron chi connectivity index (χ3n) is 1.66. The second-order valence-corrected chi connectivity index (χ2v) is 5.59. The van der Waals surface area contributed by atoms with Crippen molar-refractivity contribution in [3.8, 4) is 6.07 Å². The van der Waals surface area contributed by atoms with Crippen molar-refractivity contribution in [2.24, 2.45) is 0 Å². The Morgan fingerprint density at radius 3 is 2.43 bits per heavy atom. The molecule has 0 atom stereocenters. The monoisotopic (exact) mass is 249 g/mol. The first-order valence-electron chi connectivity index (χ1n) is 3.51. The van der Waals surface area contributed by atoms with Crippen LogP contribution in [0.4, 0.5) is 0 Å². The molecule has 0 bridgehead atoms. The van der Waals surface area contributed by atoms with Crippen molar-refractivity contribution in [2.75, 3.05) is 0 Å².